The average Bonchev–Trinajstić information content (AvgIpc) is 3.16. The summed E-state index contributed by atoms with van der Waals surface area (Å²) in [6.07, 6.45) is 4.50. The number of rotatable bonds is 5. The number of benzene rings is 1. The van der Waals surface area contributed by atoms with Gasteiger partial charge in [-0.3, -0.25) is 4.79 Å². The molecule has 0 radical (unpaired) electrons. The molecule has 5 nitrogen and oxygen atoms in total. The smallest absolute Gasteiger partial charge is 0.287 e. The lowest BCUT2D eigenvalue weighted by atomic mass is 9.98. The summed E-state index contributed by atoms with van der Waals surface area (Å²) in [7, 11) is 2.19. The van der Waals surface area contributed by atoms with Crippen molar-refractivity contribution >= 4 is 17.5 Å². The van der Waals surface area contributed by atoms with E-state index in [0.717, 1.165) is 12.8 Å². The maximum Gasteiger partial charge on any atom is 0.287 e. The third-order valence-electron chi connectivity index (χ3n) is 5.53. The third-order valence-corrected chi connectivity index (χ3v) is 5.84. The highest BCUT2D eigenvalue weighted by molar-refractivity contribution is 6.32. The van der Waals surface area contributed by atoms with Gasteiger partial charge in [0.25, 0.3) is 5.91 Å². The number of amides is 1. The zero-order valence-corrected chi connectivity index (χ0v) is 15.5. The second-order valence-corrected chi connectivity index (χ2v) is 7.58. The summed E-state index contributed by atoms with van der Waals surface area (Å²) in [6, 6.07) is 12.2. The Morgan fingerprint density at radius 2 is 1.96 bits per heavy atom. The van der Waals surface area contributed by atoms with Crippen LogP contribution in [0.25, 0.3) is 0 Å². The standard InChI is InChI=1S/C20H23ClN2O3/c1-23-14-6-7-15(23)11-13(10-14)22-20(24)19-9-8-16(26-19)12-25-18-5-3-2-4-17(18)21/h2-5,8-9,13-15H,6-7,10-12H2,1H3,(H,22,24). The first-order chi connectivity index (χ1) is 12.6. The van der Waals surface area contributed by atoms with Crippen molar-refractivity contribution in [2.24, 2.45) is 0 Å². The lowest BCUT2D eigenvalue weighted by Crippen LogP contribution is -2.48. The van der Waals surface area contributed by atoms with E-state index in [9.17, 15) is 4.79 Å². The molecule has 1 aromatic carbocycles. The van der Waals surface area contributed by atoms with Gasteiger partial charge >= 0.3 is 0 Å². The molecule has 0 aliphatic carbocycles. The summed E-state index contributed by atoms with van der Waals surface area (Å²) in [6.45, 7) is 0.232. The maximum absolute atomic E-state index is 12.5. The van der Waals surface area contributed by atoms with E-state index >= 15 is 0 Å². The topological polar surface area (TPSA) is 54.7 Å². The van der Waals surface area contributed by atoms with Gasteiger partial charge in [-0.15, -0.1) is 0 Å². The Balaban J connectivity index is 1.33. The molecule has 1 aromatic heterocycles. The Labute approximate surface area is 158 Å². The van der Waals surface area contributed by atoms with Crippen molar-refractivity contribution in [1.29, 1.82) is 0 Å². The van der Waals surface area contributed by atoms with Crippen LogP contribution in [0.2, 0.25) is 5.02 Å². The van der Waals surface area contributed by atoms with Crippen LogP contribution in [0.5, 0.6) is 5.75 Å². The highest BCUT2D eigenvalue weighted by Gasteiger charge is 2.39. The van der Waals surface area contributed by atoms with Gasteiger partial charge in [-0.05, 0) is 57.0 Å². The first kappa shape index (κ1) is 17.4. The Hall–Kier alpha value is -1.98. The molecular formula is C20H23ClN2O3. The van der Waals surface area contributed by atoms with Gasteiger partial charge in [0.15, 0.2) is 5.76 Å². The van der Waals surface area contributed by atoms with E-state index in [2.05, 4.69) is 17.3 Å². The molecule has 26 heavy (non-hydrogen) atoms. The normalized spacial score (nSPS) is 25.2. The van der Waals surface area contributed by atoms with Crippen LogP contribution in [0, 0.1) is 0 Å². The number of fused-ring (bicyclic) bond motifs is 2. The van der Waals surface area contributed by atoms with Crippen LogP contribution < -0.4 is 10.1 Å². The van der Waals surface area contributed by atoms with Gasteiger partial charge in [-0.25, -0.2) is 0 Å². The summed E-state index contributed by atoms with van der Waals surface area (Å²) in [5.41, 5.74) is 0. The van der Waals surface area contributed by atoms with Gasteiger partial charge in [0, 0.05) is 18.1 Å². The molecule has 4 rings (SSSR count). The van der Waals surface area contributed by atoms with Crippen LogP contribution in [-0.2, 0) is 6.61 Å². The molecule has 2 aliphatic heterocycles. The molecule has 2 atom stereocenters. The monoisotopic (exact) mass is 374 g/mol. The largest absolute Gasteiger partial charge is 0.484 e. The summed E-state index contributed by atoms with van der Waals surface area (Å²) in [4.78, 5) is 14.9. The number of halogens is 1. The van der Waals surface area contributed by atoms with E-state index in [-0.39, 0.29) is 18.6 Å². The first-order valence-electron chi connectivity index (χ1n) is 9.09. The number of carbonyl (C=O) groups excluding carboxylic acids is 1. The minimum absolute atomic E-state index is 0.150. The molecule has 2 aromatic rings. The molecule has 2 saturated heterocycles. The Kier molecular flexibility index (Phi) is 4.92. The van der Waals surface area contributed by atoms with Gasteiger partial charge in [0.1, 0.15) is 18.1 Å². The number of ether oxygens (including phenoxy) is 1. The second kappa shape index (κ2) is 7.33. The molecule has 138 valence electrons. The number of hydrogen-bond donors (Lipinski definition) is 1. The second-order valence-electron chi connectivity index (χ2n) is 7.18. The lowest BCUT2D eigenvalue weighted by Gasteiger charge is -2.36. The number of furan rings is 1. The van der Waals surface area contributed by atoms with E-state index in [4.69, 9.17) is 20.8 Å². The van der Waals surface area contributed by atoms with Crippen LogP contribution in [0.3, 0.4) is 0 Å². The minimum Gasteiger partial charge on any atom is -0.484 e. The summed E-state index contributed by atoms with van der Waals surface area (Å²) in [5.74, 6) is 1.37. The zero-order valence-electron chi connectivity index (χ0n) is 14.8. The SMILES string of the molecule is CN1C2CCC1CC(NC(=O)c1ccc(COc3ccccc3Cl)o1)C2. The van der Waals surface area contributed by atoms with E-state index in [1.54, 1.807) is 24.3 Å². The molecule has 2 fully saturated rings. The van der Waals surface area contributed by atoms with Crippen LogP contribution >= 0.6 is 11.6 Å². The third kappa shape index (κ3) is 3.60. The van der Waals surface area contributed by atoms with Gasteiger partial charge < -0.3 is 19.4 Å². The number of para-hydroxylation sites is 1. The molecule has 2 aliphatic rings. The zero-order chi connectivity index (χ0) is 18.1. The van der Waals surface area contributed by atoms with Gasteiger partial charge in [0.05, 0.1) is 5.02 Å². The fourth-order valence-electron chi connectivity index (χ4n) is 4.07. The first-order valence-corrected chi connectivity index (χ1v) is 9.47. The molecule has 2 bridgehead atoms. The van der Waals surface area contributed by atoms with Crippen molar-refractivity contribution in [2.75, 3.05) is 7.05 Å². The van der Waals surface area contributed by atoms with Crippen molar-refractivity contribution in [1.82, 2.24) is 10.2 Å². The number of piperidine rings is 1. The molecule has 1 amide bonds. The van der Waals surface area contributed by atoms with E-state index in [1.165, 1.54) is 12.8 Å². The molecule has 0 saturated carbocycles. The number of hydrogen-bond acceptors (Lipinski definition) is 4. The Bertz CT molecular complexity index is 777. The molecule has 2 unspecified atom stereocenters. The lowest BCUT2D eigenvalue weighted by molar-refractivity contribution is 0.0851. The molecular weight excluding hydrogens is 352 g/mol. The predicted molar refractivity (Wildman–Crippen MR) is 99.6 cm³/mol. The number of nitrogens with one attached hydrogen (secondary N) is 1. The van der Waals surface area contributed by atoms with Crippen molar-refractivity contribution in [3.63, 3.8) is 0 Å². The molecule has 3 heterocycles. The molecule has 1 N–H and O–H groups in total. The van der Waals surface area contributed by atoms with E-state index < -0.39 is 0 Å². The highest BCUT2D eigenvalue weighted by atomic mass is 35.5. The van der Waals surface area contributed by atoms with E-state index in [0.29, 0.717) is 34.4 Å². The average molecular weight is 375 g/mol. The maximum atomic E-state index is 12.5. The highest BCUT2D eigenvalue weighted by Crippen LogP contribution is 2.34. The molecule has 0 spiro atoms. The van der Waals surface area contributed by atoms with Crippen LogP contribution in [-0.4, -0.2) is 36.0 Å². The van der Waals surface area contributed by atoms with Crippen molar-refractivity contribution < 1.29 is 13.9 Å². The van der Waals surface area contributed by atoms with Crippen molar-refractivity contribution in [3.05, 3.63) is 52.9 Å². The van der Waals surface area contributed by atoms with Gasteiger partial charge in [-0.2, -0.15) is 0 Å². The fourth-order valence-corrected chi connectivity index (χ4v) is 4.26. The Morgan fingerprint density at radius 1 is 1.23 bits per heavy atom. The minimum atomic E-state index is -0.150. The summed E-state index contributed by atoms with van der Waals surface area (Å²) in [5, 5.41) is 3.68. The van der Waals surface area contributed by atoms with Crippen LogP contribution in [0.4, 0.5) is 0 Å². The van der Waals surface area contributed by atoms with Gasteiger partial charge in [-0.1, -0.05) is 23.7 Å². The summed E-state index contributed by atoms with van der Waals surface area (Å²) < 4.78 is 11.3. The van der Waals surface area contributed by atoms with Crippen molar-refractivity contribution in [3.8, 4) is 5.75 Å². The van der Waals surface area contributed by atoms with E-state index in [1.807, 2.05) is 12.1 Å². The molecule has 6 heteroatoms. The fraction of sp³-hybridized carbons (Fsp3) is 0.450. The van der Waals surface area contributed by atoms with Crippen LogP contribution in [0.1, 0.15) is 42.0 Å². The summed E-state index contributed by atoms with van der Waals surface area (Å²) >= 11 is 6.07. The number of carbonyl (C=O) groups is 1. The number of nitrogens with zero attached hydrogens (tertiary/aromatic N) is 1. The predicted octanol–water partition coefficient (Wildman–Crippen LogP) is 3.87. The van der Waals surface area contributed by atoms with Gasteiger partial charge in [0.2, 0.25) is 0 Å². The van der Waals surface area contributed by atoms with Crippen molar-refractivity contribution in [2.45, 2.75) is 50.4 Å². The van der Waals surface area contributed by atoms with Crippen LogP contribution in [0.15, 0.2) is 40.8 Å². The Morgan fingerprint density at radius 3 is 2.69 bits per heavy atom. The quantitative estimate of drug-likeness (QED) is 0.863.